The number of hydrogen-bond donors (Lipinski definition) is 0. The standard InChI is InChI=1S/C17H12N2O3/c1-21-13-7-4-6-12(9-13)16-15-10-11-5-2-3-8-14(11)19(15)17(20)22-18-16/h2-10H,1H3. The zero-order valence-corrected chi connectivity index (χ0v) is 11.8. The molecule has 0 aliphatic heterocycles. The van der Waals surface area contributed by atoms with Gasteiger partial charge < -0.3 is 4.74 Å². The minimum atomic E-state index is -0.497. The van der Waals surface area contributed by atoms with Crippen LogP contribution in [0.2, 0.25) is 0 Å². The van der Waals surface area contributed by atoms with Crippen LogP contribution in [0, 0.1) is 0 Å². The summed E-state index contributed by atoms with van der Waals surface area (Å²) in [7, 11) is 1.61. The van der Waals surface area contributed by atoms with E-state index in [9.17, 15) is 4.79 Å². The summed E-state index contributed by atoms with van der Waals surface area (Å²) < 4.78 is 11.8. The van der Waals surface area contributed by atoms with Gasteiger partial charge in [0.1, 0.15) is 11.4 Å². The third-order valence-corrected chi connectivity index (χ3v) is 3.69. The lowest BCUT2D eigenvalue weighted by Gasteiger charge is -2.04. The van der Waals surface area contributed by atoms with Gasteiger partial charge in [0.15, 0.2) is 0 Å². The molecule has 4 rings (SSSR count). The van der Waals surface area contributed by atoms with Crippen molar-refractivity contribution in [3.63, 3.8) is 0 Å². The van der Waals surface area contributed by atoms with E-state index in [-0.39, 0.29) is 0 Å². The van der Waals surface area contributed by atoms with E-state index in [2.05, 4.69) is 5.16 Å². The Morgan fingerprint density at radius 1 is 1.05 bits per heavy atom. The first-order valence-corrected chi connectivity index (χ1v) is 6.82. The van der Waals surface area contributed by atoms with Crippen molar-refractivity contribution in [2.45, 2.75) is 0 Å². The number of para-hydroxylation sites is 1. The van der Waals surface area contributed by atoms with Crippen LogP contribution in [0.15, 0.2) is 63.9 Å². The van der Waals surface area contributed by atoms with Gasteiger partial charge in [-0.3, -0.25) is 4.52 Å². The van der Waals surface area contributed by atoms with Crippen molar-refractivity contribution in [1.29, 1.82) is 0 Å². The van der Waals surface area contributed by atoms with Crippen LogP contribution in [0.4, 0.5) is 0 Å². The summed E-state index contributed by atoms with van der Waals surface area (Å²) >= 11 is 0. The van der Waals surface area contributed by atoms with Gasteiger partial charge in [0, 0.05) is 10.9 Å². The van der Waals surface area contributed by atoms with Crippen molar-refractivity contribution in [1.82, 2.24) is 9.56 Å². The second-order valence-corrected chi connectivity index (χ2v) is 4.95. The molecule has 108 valence electrons. The number of nitrogens with zero attached hydrogens (tertiary/aromatic N) is 2. The normalized spacial score (nSPS) is 11.1. The maximum absolute atomic E-state index is 12.1. The van der Waals surface area contributed by atoms with Gasteiger partial charge in [-0.1, -0.05) is 35.5 Å². The predicted molar refractivity (Wildman–Crippen MR) is 83.2 cm³/mol. The summed E-state index contributed by atoms with van der Waals surface area (Å²) in [6, 6.07) is 17.1. The highest BCUT2D eigenvalue weighted by Crippen LogP contribution is 2.28. The molecule has 5 nitrogen and oxygen atoms in total. The van der Waals surface area contributed by atoms with Crippen molar-refractivity contribution < 1.29 is 9.26 Å². The van der Waals surface area contributed by atoms with Crippen LogP contribution in [0.5, 0.6) is 5.75 Å². The lowest BCUT2D eigenvalue weighted by Crippen LogP contribution is -2.12. The number of methoxy groups -OCH3 is 1. The fourth-order valence-electron chi connectivity index (χ4n) is 2.67. The Morgan fingerprint density at radius 3 is 2.77 bits per heavy atom. The summed E-state index contributed by atoms with van der Waals surface area (Å²) in [5, 5.41) is 4.95. The molecule has 0 unspecified atom stereocenters. The Bertz CT molecular complexity index is 1050. The molecule has 0 radical (unpaired) electrons. The Balaban J connectivity index is 2.10. The zero-order valence-electron chi connectivity index (χ0n) is 11.8. The molecule has 0 N–H and O–H groups in total. The fourth-order valence-corrected chi connectivity index (χ4v) is 2.67. The van der Waals surface area contributed by atoms with E-state index in [1.165, 1.54) is 4.40 Å². The molecule has 5 heteroatoms. The van der Waals surface area contributed by atoms with Gasteiger partial charge in [0.2, 0.25) is 0 Å². The summed E-state index contributed by atoms with van der Waals surface area (Å²) in [5.41, 5.74) is 2.95. The number of rotatable bonds is 2. The van der Waals surface area contributed by atoms with Gasteiger partial charge in [0.05, 0.1) is 18.1 Å². The molecule has 0 aliphatic rings. The fraction of sp³-hybridized carbons (Fsp3) is 0.0588. The monoisotopic (exact) mass is 292 g/mol. The molecule has 0 aliphatic carbocycles. The second kappa shape index (κ2) is 4.73. The zero-order chi connectivity index (χ0) is 15.1. The second-order valence-electron chi connectivity index (χ2n) is 4.95. The maximum atomic E-state index is 12.1. The van der Waals surface area contributed by atoms with Gasteiger partial charge in [0.25, 0.3) is 0 Å². The average Bonchev–Trinajstić information content (AvgIpc) is 2.95. The number of hydrogen-bond acceptors (Lipinski definition) is 4. The third kappa shape index (κ3) is 1.79. The van der Waals surface area contributed by atoms with Crippen LogP contribution < -0.4 is 10.5 Å². The largest absolute Gasteiger partial charge is 0.497 e. The van der Waals surface area contributed by atoms with Crippen molar-refractivity contribution in [3.8, 4) is 17.0 Å². The summed E-state index contributed by atoms with van der Waals surface area (Å²) in [5.74, 6) is 0.225. The summed E-state index contributed by atoms with van der Waals surface area (Å²) in [6.07, 6.45) is 0. The maximum Gasteiger partial charge on any atom is 0.445 e. The molecule has 2 aromatic carbocycles. The quantitative estimate of drug-likeness (QED) is 0.569. The smallest absolute Gasteiger partial charge is 0.445 e. The molecule has 0 spiro atoms. The van der Waals surface area contributed by atoms with Crippen molar-refractivity contribution in [2.24, 2.45) is 0 Å². The number of ether oxygens (including phenoxy) is 1. The molecule has 2 heterocycles. The van der Waals surface area contributed by atoms with Crippen LogP contribution >= 0.6 is 0 Å². The minimum Gasteiger partial charge on any atom is -0.497 e. The van der Waals surface area contributed by atoms with Crippen LogP contribution in [-0.2, 0) is 0 Å². The van der Waals surface area contributed by atoms with Crippen LogP contribution in [0.1, 0.15) is 0 Å². The summed E-state index contributed by atoms with van der Waals surface area (Å²) in [6.45, 7) is 0. The molecule has 0 atom stereocenters. The number of aromatic nitrogens is 2. The predicted octanol–water partition coefficient (Wildman–Crippen LogP) is 3.12. The highest BCUT2D eigenvalue weighted by Gasteiger charge is 2.14. The Kier molecular flexibility index (Phi) is 2.72. The lowest BCUT2D eigenvalue weighted by molar-refractivity contribution is 0.352. The van der Waals surface area contributed by atoms with Crippen LogP contribution in [0.25, 0.3) is 27.7 Å². The van der Waals surface area contributed by atoms with Crippen molar-refractivity contribution in [2.75, 3.05) is 7.11 Å². The van der Waals surface area contributed by atoms with Crippen molar-refractivity contribution in [3.05, 3.63) is 65.1 Å². The Hall–Kier alpha value is -3.08. The van der Waals surface area contributed by atoms with E-state index in [1.807, 2.05) is 54.6 Å². The third-order valence-electron chi connectivity index (χ3n) is 3.69. The van der Waals surface area contributed by atoms with E-state index in [0.29, 0.717) is 11.2 Å². The highest BCUT2D eigenvalue weighted by atomic mass is 16.5. The molecular weight excluding hydrogens is 280 g/mol. The Morgan fingerprint density at radius 2 is 1.91 bits per heavy atom. The molecule has 0 saturated carbocycles. The van der Waals surface area contributed by atoms with Crippen molar-refractivity contribution >= 4 is 16.4 Å². The highest BCUT2D eigenvalue weighted by molar-refractivity contribution is 5.92. The van der Waals surface area contributed by atoms with E-state index < -0.39 is 5.76 Å². The number of fused-ring (bicyclic) bond motifs is 3. The Labute approximate surface area is 125 Å². The van der Waals surface area contributed by atoms with E-state index in [1.54, 1.807) is 7.11 Å². The molecule has 22 heavy (non-hydrogen) atoms. The minimum absolute atomic E-state index is 0.497. The molecule has 0 saturated heterocycles. The van der Waals surface area contributed by atoms with Gasteiger partial charge in [-0.25, -0.2) is 9.20 Å². The van der Waals surface area contributed by atoms with E-state index >= 15 is 0 Å². The van der Waals surface area contributed by atoms with E-state index in [0.717, 1.165) is 22.2 Å². The topological polar surface area (TPSA) is 56.7 Å². The molecule has 2 aromatic heterocycles. The number of benzene rings is 2. The first-order chi connectivity index (χ1) is 10.8. The molecule has 0 bridgehead atoms. The van der Waals surface area contributed by atoms with Gasteiger partial charge >= 0.3 is 5.76 Å². The summed E-state index contributed by atoms with van der Waals surface area (Å²) in [4.78, 5) is 12.1. The van der Waals surface area contributed by atoms with E-state index in [4.69, 9.17) is 9.26 Å². The molecule has 0 amide bonds. The van der Waals surface area contributed by atoms with Gasteiger partial charge in [-0.05, 0) is 24.3 Å². The van der Waals surface area contributed by atoms with Crippen LogP contribution in [-0.4, -0.2) is 16.7 Å². The molecule has 0 fully saturated rings. The molecular formula is C17H12N2O3. The molecule has 4 aromatic rings. The lowest BCUT2D eigenvalue weighted by atomic mass is 10.1. The van der Waals surface area contributed by atoms with Gasteiger partial charge in [-0.2, -0.15) is 0 Å². The van der Waals surface area contributed by atoms with Gasteiger partial charge in [-0.15, -0.1) is 0 Å². The first kappa shape index (κ1) is 12.6. The van der Waals surface area contributed by atoms with Crippen LogP contribution in [0.3, 0.4) is 0 Å². The average molecular weight is 292 g/mol. The first-order valence-electron chi connectivity index (χ1n) is 6.82. The SMILES string of the molecule is COc1cccc(-c2noc(=O)n3c2cc2ccccc23)c1.